The number of piperazine rings is 1. The van der Waals surface area contributed by atoms with E-state index in [1.165, 1.54) is 16.7 Å². The van der Waals surface area contributed by atoms with Gasteiger partial charge in [-0.3, -0.25) is 9.80 Å². The van der Waals surface area contributed by atoms with Gasteiger partial charge in [0.1, 0.15) is 0 Å². The highest BCUT2D eigenvalue weighted by Gasteiger charge is 2.45. The Morgan fingerprint density at radius 2 is 1.54 bits per heavy atom. The molecule has 4 rings (SSSR count). The van der Waals surface area contributed by atoms with E-state index in [0.717, 1.165) is 26.2 Å². The Morgan fingerprint density at radius 3 is 2.27 bits per heavy atom. The van der Waals surface area contributed by atoms with Gasteiger partial charge in [0.05, 0.1) is 11.5 Å². The number of rotatable bonds is 4. The summed E-state index contributed by atoms with van der Waals surface area (Å²) in [5.74, 6) is 0.610. The van der Waals surface area contributed by atoms with Gasteiger partial charge in [0.25, 0.3) is 0 Å². The van der Waals surface area contributed by atoms with Crippen LogP contribution in [-0.4, -0.2) is 61.4 Å². The van der Waals surface area contributed by atoms with E-state index in [9.17, 15) is 8.42 Å². The number of hydrogen-bond donors (Lipinski definition) is 0. The highest BCUT2D eigenvalue weighted by atomic mass is 32.2. The SMILES string of the molecule is CCN1CCN(Cc2cccc(-c3ccccc3)c2)[C@H]2CS(=O)(=O)C[C@H]21. The van der Waals surface area contributed by atoms with Gasteiger partial charge in [0.2, 0.25) is 0 Å². The third-order valence-electron chi connectivity index (χ3n) is 5.73. The molecule has 5 heteroatoms. The molecule has 2 fully saturated rings. The molecule has 0 radical (unpaired) electrons. The molecule has 2 aromatic carbocycles. The largest absolute Gasteiger partial charge is 0.297 e. The summed E-state index contributed by atoms with van der Waals surface area (Å²) in [7, 11) is -2.93. The van der Waals surface area contributed by atoms with Crippen molar-refractivity contribution in [1.82, 2.24) is 9.80 Å². The zero-order valence-electron chi connectivity index (χ0n) is 15.2. The van der Waals surface area contributed by atoms with E-state index in [1.54, 1.807) is 0 Å². The first kappa shape index (κ1) is 17.7. The number of benzene rings is 2. The van der Waals surface area contributed by atoms with Gasteiger partial charge in [-0.05, 0) is 29.3 Å². The average molecular weight is 371 g/mol. The molecule has 0 aromatic heterocycles. The molecule has 0 N–H and O–H groups in total. The Balaban J connectivity index is 1.56. The lowest BCUT2D eigenvalue weighted by Gasteiger charge is -2.43. The fourth-order valence-electron chi connectivity index (χ4n) is 4.40. The van der Waals surface area contributed by atoms with Crippen LogP contribution in [0.15, 0.2) is 54.6 Å². The molecular formula is C21H26N2O2S. The number of hydrogen-bond acceptors (Lipinski definition) is 4. The Morgan fingerprint density at radius 1 is 0.885 bits per heavy atom. The van der Waals surface area contributed by atoms with Gasteiger partial charge < -0.3 is 0 Å². The predicted octanol–water partition coefficient (Wildman–Crippen LogP) is 2.66. The second kappa shape index (κ2) is 7.14. The number of likely N-dealkylation sites (N-methyl/N-ethyl adjacent to an activating group) is 1. The fraction of sp³-hybridized carbons (Fsp3) is 0.429. The highest BCUT2D eigenvalue weighted by molar-refractivity contribution is 7.91. The number of fused-ring (bicyclic) bond motifs is 1. The summed E-state index contributed by atoms with van der Waals surface area (Å²) in [6, 6.07) is 19.3. The first-order valence-electron chi connectivity index (χ1n) is 9.38. The molecule has 138 valence electrons. The highest BCUT2D eigenvalue weighted by Crippen LogP contribution is 2.29. The normalized spacial score (nSPS) is 25.9. The molecule has 2 heterocycles. The van der Waals surface area contributed by atoms with Gasteiger partial charge in [-0.1, -0.05) is 55.5 Å². The van der Waals surface area contributed by atoms with Crippen molar-refractivity contribution in [2.24, 2.45) is 0 Å². The first-order valence-corrected chi connectivity index (χ1v) is 11.2. The minimum absolute atomic E-state index is 0.120. The lowest BCUT2D eigenvalue weighted by atomic mass is 10.0. The summed E-state index contributed by atoms with van der Waals surface area (Å²) in [6.07, 6.45) is 0. The minimum Gasteiger partial charge on any atom is -0.297 e. The van der Waals surface area contributed by atoms with E-state index in [-0.39, 0.29) is 12.1 Å². The molecular weight excluding hydrogens is 344 g/mol. The fourth-order valence-corrected chi connectivity index (χ4v) is 6.44. The van der Waals surface area contributed by atoms with Crippen LogP contribution in [0, 0.1) is 0 Å². The molecule has 0 saturated carbocycles. The van der Waals surface area contributed by atoms with Crippen LogP contribution in [0.5, 0.6) is 0 Å². The van der Waals surface area contributed by atoms with E-state index in [1.807, 2.05) is 6.07 Å². The molecule has 4 nitrogen and oxygen atoms in total. The lowest BCUT2D eigenvalue weighted by molar-refractivity contribution is 0.0439. The molecule has 0 spiro atoms. The average Bonchev–Trinajstić information content (AvgIpc) is 2.98. The van der Waals surface area contributed by atoms with E-state index in [0.29, 0.717) is 11.5 Å². The summed E-state index contributed by atoms with van der Waals surface area (Å²) < 4.78 is 24.5. The molecule has 26 heavy (non-hydrogen) atoms. The van der Waals surface area contributed by atoms with Gasteiger partial charge in [-0.2, -0.15) is 0 Å². The van der Waals surface area contributed by atoms with E-state index in [2.05, 4.69) is 65.3 Å². The lowest BCUT2D eigenvalue weighted by Crippen LogP contribution is -2.58. The van der Waals surface area contributed by atoms with Crippen LogP contribution in [0.3, 0.4) is 0 Å². The molecule has 2 aliphatic rings. The van der Waals surface area contributed by atoms with Gasteiger partial charge in [0.15, 0.2) is 9.84 Å². The number of nitrogens with zero attached hydrogens (tertiary/aromatic N) is 2. The third-order valence-corrected chi connectivity index (χ3v) is 7.43. The van der Waals surface area contributed by atoms with Crippen molar-refractivity contribution in [3.8, 4) is 11.1 Å². The van der Waals surface area contributed by atoms with Crippen LogP contribution in [0.1, 0.15) is 12.5 Å². The van der Waals surface area contributed by atoms with E-state index in [4.69, 9.17) is 0 Å². The molecule has 0 bridgehead atoms. The summed E-state index contributed by atoms with van der Waals surface area (Å²) in [6.45, 7) is 5.75. The van der Waals surface area contributed by atoms with Gasteiger partial charge in [-0.25, -0.2) is 8.42 Å². The molecule has 0 amide bonds. The van der Waals surface area contributed by atoms with Crippen LogP contribution >= 0.6 is 0 Å². The number of sulfone groups is 1. The van der Waals surface area contributed by atoms with Crippen LogP contribution in [0.2, 0.25) is 0 Å². The van der Waals surface area contributed by atoms with Crippen LogP contribution in [-0.2, 0) is 16.4 Å². The smallest absolute Gasteiger partial charge is 0.153 e. The van der Waals surface area contributed by atoms with Crippen molar-refractivity contribution in [2.75, 3.05) is 31.1 Å². The van der Waals surface area contributed by atoms with Crippen LogP contribution in [0.25, 0.3) is 11.1 Å². The summed E-state index contributed by atoms with van der Waals surface area (Å²) in [5.41, 5.74) is 3.68. The van der Waals surface area contributed by atoms with Crippen molar-refractivity contribution >= 4 is 9.84 Å². The van der Waals surface area contributed by atoms with Gasteiger partial charge in [0, 0.05) is 31.7 Å². The van der Waals surface area contributed by atoms with Crippen molar-refractivity contribution in [3.05, 3.63) is 60.2 Å². The predicted molar refractivity (Wildman–Crippen MR) is 106 cm³/mol. The van der Waals surface area contributed by atoms with Gasteiger partial charge in [-0.15, -0.1) is 0 Å². The van der Waals surface area contributed by atoms with Crippen LogP contribution in [0.4, 0.5) is 0 Å². The molecule has 0 aliphatic carbocycles. The van der Waals surface area contributed by atoms with Crippen molar-refractivity contribution in [3.63, 3.8) is 0 Å². The first-order chi connectivity index (χ1) is 12.6. The standard InChI is InChI=1S/C21H26N2O2S/c1-2-22-11-12-23(21-16-26(24,25)15-20(21)22)14-17-7-6-10-19(13-17)18-8-4-3-5-9-18/h3-10,13,20-21H,2,11-12,14-16H2,1H3/t20-,21+/m1/s1. The zero-order valence-corrected chi connectivity index (χ0v) is 16.0. The van der Waals surface area contributed by atoms with Crippen molar-refractivity contribution in [1.29, 1.82) is 0 Å². The maximum absolute atomic E-state index is 12.2. The summed E-state index contributed by atoms with van der Waals surface area (Å²) in [5, 5.41) is 0. The molecule has 0 unspecified atom stereocenters. The molecule has 2 atom stereocenters. The third kappa shape index (κ3) is 3.56. The van der Waals surface area contributed by atoms with E-state index >= 15 is 0 Å². The minimum atomic E-state index is -2.93. The Kier molecular flexibility index (Phi) is 4.86. The maximum atomic E-state index is 12.2. The molecule has 2 aromatic rings. The Hall–Kier alpha value is -1.69. The molecule has 2 saturated heterocycles. The second-order valence-electron chi connectivity index (χ2n) is 7.38. The van der Waals surface area contributed by atoms with Crippen LogP contribution < -0.4 is 0 Å². The van der Waals surface area contributed by atoms with Crippen molar-refractivity contribution < 1.29 is 8.42 Å². The molecule has 2 aliphatic heterocycles. The maximum Gasteiger partial charge on any atom is 0.153 e. The summed E-state index contributed by atoms with van der Waals surface area (Å²) >= 11 is 0. The van der Waals surface area contributed by atoms with Gasteiger partial charge >= 0.3 is 0 Å². The Labute approximate surface area is 156 Å². The van der Waals surface area contributed by atoms with E-state index < -0.39 is 9.84 Å². The topological polar surface area (TPSA) is 40.6 Å². The van der Waals surface area contributed by atoms with Crippen molar-refractivity contribution in [2.45, 2.75) is 25.6 Å². The quantitative estimate of drug-likeness (QED) is 0.830. The monoisotopic (exact) mass is 370 g/mol. The Bertz CT molecular complexity index is 867. The second-order valence-corrected chi connectivity index (χ2v) is 9.53. The summed E-state index contributed by atoms with van der Waals surface area (Å²) in [4.78, 5) is 4.72. The zero-order chi connectivity index (χ0) is 18.1.